The molecule has 0 unspecified atom stereocenters. The number of aromatic hydroxyl groups is 1. The predicted molar refractivity (Wildman–Crippen MR) is 211 cm³/mol. The molecule has 1 aliphatic carbocycles. The van der Waals surface area contributed by atoms with Crippen LogP contribution in [0.3, 0.4) is 0 Å². The number of carbonyl (C=O) groups is 2. The van der Waals surface area contributed by atoms with Crippen LogP contribution in [-0.4, -0.2) is 32.9 Å². The molecule has 2 N–H and O–H groups in total. The van der Waals surface area contributed by atoms with Crippen molar-refractivity contribution in [2.75, 3.05) is 6.54 Å². The van der Waals surface area contributed by atoms with Crippen molar-refractivity contribution in [1.82, 2.24) is 9.88 Å². The zero-order valence-electron chi connectivity index (χ0n) is 28.7. The Morgan fingerprint density at radius 3 is 2.40 bits per heavy atom. The van der Waals surface area contributed by atoms with Gasteiger partial charge in [-0.1, -0.05) is 59.7 Å². The van der Waals surface area contributed by atoms with Gasteiger partial charge >= 0.3 is 0 Å². The van der Waals surface area contributed by atoms with Crippen LogP contribution in [-0.2, 0) is 17.6 Å². The second-order valence-corrected chi connectivity index (χ2v) is 14.1. The van der Waals surface area contributed by atoms with Gasteiger partial charge in [0.05, 0.1) is 11.9 Å². The Kier molecular flexibility index (Phi) is 9.77. The molecule has 0 fully saturated rings. The minimum atomic E-state index is -0.170. The standard InChI is InChI=1S/C43H35ClN2O5S/c1-25-5-18-38-37(20-25)36(26(2)46(38)43(50)29-10-12-30(44)13-11-29)24-41(49)45-19-3-4-33(52)21-27-6-8-28(9-7-27)42-34-16-14-31(47)22-39(34)51-40-23-32(48)15-17-35(40)42/h5-18,20,22-23,47H,3-4,19,21,24H2,1-2H3,(H,45,49). The van der Waals surface area contributed by atoms with Gasteiger partial charge in [-0.25, -0.2) is 0 Å². The van der Waals surface area contributed by atoms with E-state index in [4.69, 9.17) is 28.2 Å². The molecule has 0 saturated heterocycles. The van der Waals surface area contributed by atoms with Crippen molar-refractivity contribution in [2.45, 2.75) is 39.5 Å². The second kappa shape index (κ2) is 14.6. The topological polar surface area (TPSA) is 102 Å². The van der Waals surface area contributed by atoms with Gasteiger partial charge in [-0.05, 0) is 109 Å². The predicted octanol–water partition coefficient (Wildman–Crippen LogP) is 9.24. The Labute approximate surface area is 310 Å². The van der Waals surface area contributed by atoms with Crippen LogP contribution in [0.2, 0.25) is 5.02 Å². The largest absolute Gasteiger partial charge is 0.508 e. The summed E-state index contributed by atoms with van der Waals surface area (Å²) in [6.45, 7) is 4.36. The number of hydrogen-bond donors (Lipinski definition) is 2. The molecule has 5 aromatic rings. The first-order valence-corrected chi connectivity index (χ1v) is 17.8. The first-order chi connectivity index (χ1) is 25.0. The number of nitrogens with one attached hydrogen (secondary N) is 1. The van der Waals surface area contributed by atoms with Gasteiger partial charge in [0.25, 0.3) is 5.91 Å². The molecule has 7 nitrogen and oxygen atoms in total. The third-order valence-electron chi connectivity index (χ3n) is 9.40. The maximum atomic E-state index is 13.6. The fourth-order valence-electron chi connectivity index (χ4n) is 6.82. The maximum Gasteiger partial charge on any atom is 0.262 e. The third kappa shape index (κ3) is 7.13. The van der Waals surface area contributed by atoms with Gasteiger partial charge in [0, 0.05) is 63.3 Å². The van der Waals surface area contributed by atoms with Gasteiger partial charge in [-0.3, -0.25) is 19.0 Å². The van der Waals surface area contributed by atoms with Crippen LogP contribution in [0.1, 0.15) is 45.6 Å². The minimum absolute atomic E-state index is 0.0839. The number of hydrogen-bond acceptors (Lipinski definition) is 6. The molecule has 7 rings (SSSR count). The lowest BCUT2D eigenvalue weighted by atomic mass is 9.92. The molecule has 260 valence electrons. The van der Waals surface area contributed by atoms with Gasteiger partial charge < -0.3 is 14.8 Å². The highest BCUT2D eigenvalue weighted by Gasteiger charge is 2.22. The average molecular weight is 727 g/mol. The SMILES string of the molecule is Cc1ccc2c(c1)c(CC(=O)NCCCC(=S)Cc1ccc(-c3c4ccc(=O)cc-4oc4cc(O)ccc34)cc1)c(C)n2C(=O)c1ccc(Cl)cc1. The van der Waals surface area contributed by atoms with Crippen molar-refractivity contribution in [1.29, 1.82) is 0 Å². The van der Waals surface area contributed by atoms with Crippen LogP contribution in [0.5, 0.6) is 5.75 Å². The van der Waals surface area contributed by atoms with E-state index >= 15 is 0 Å². The van der Waals surface area contributed by atoms with Crippen molar-refractivity contribution in [3.05, 3.63) is 146 Å². The molecule has 1 aliphatic heterocycles. The first kappa shape index (κ1) is 34.9. The average Bonchev–Trinajstić information content (AvgIpc) is 3.38. The molecule has 0 saturated carbocycles. The highest BCUT2D eigenvalue weighted by atomic mass is 35.5. The number of aryl methyl sites for hydroxylation is 1. The first-order valence-electron chi connectivity index (χ1n) is 17.0. The van der Waals surface area contributed by atoms with E-state index in [2.05, 4.69) is 5.32 Å². The van der Waals surface area contributed by atoms with Crippen LogP contribution in [0.4, 0.5) is 0 Å². The Bertz CT molecular complexity index is 2530. The molecule has 0 radical (unpaired) electrons. The van der Waals surface area contributed by atoms with Crippen LogP contribution in [0.15, 0.2) is 112 Å². The summed E-state index contributed by atoms with van der Waals surface area (Å²) >= 11 is 11.8. The summed E-state index contributed by atoms with van der Waals surface area (Å²) in [4.78, 5) is 39.7. The Morgan fingerprint density at radius 2 is 1.63 bits per heavy atom. The van der Waals surface area contributed by atoms with E-state index in [0.717, 1.165) is 60.2 Å². The number of phenolic OH excluding ortho intramolecular Hbond substituents is 1. The van der Waals surface area contributed by atoms with Crippen LogP contribution >= 0.6 is 23.8 Å². The highest BCUT2D eigenvalue weighted by molar-refractivity contribution is 7.80. The number of amides is 1. The fourth-order valence-corrected chi connectivity index (χ4v) is 7.25. The smallest absolute Gasteiger partial charge is 0.262 e. The summed E-state index contributed by atoms with van der Waals surface area (Å²) in [5, 5.41) is 15.4. The number of fused-ring (bicyclic) bond motifs is 3. The molecule has 0 bridgehead atoms. The van der Waals surface area contributed by atoms with E-state index in [1.807, 2.05) is 62.4 Å². The zero-order valence-corrected chi connectivity index (χ0v) is 30.2. The summed E-state index contributed by atoms with van der Waals surface area (Å²) in [7, 11) is 0. The van der Waals surface area contributed by atoms with Gasteiger partial charge in [0.2, 0.25) is 5.91 Å². The summed E-state index contributed by atoms with van der Waals surface area (Å²) in [5.74, 6) is 0.260. The van der Waals surface area contributed by atoms with E-state index in [1.165, 1.54) is 12.1 Å². The maximum absolute atomic E-state index is 13.6. The molecule has 1 amide bonds. The highest BCUT2D eigenvalue weighted by Crippen LogP contribution is 2.40. The lowest BCUT2D eigenvalue weighted by molar-refractivity contribution is -0.120. The molecule has 1 aromatic heterocycles. The number of rotatable bonds is 10. The number of phenols is 1. The summed E-state index contributed by atoms with van der Waals surface area (Å²) in [6, 6.07) is 30.7. The van der Waals surface area contributed by atoms with Crippen LogP contribution < -0.4 is 10.7 Å². The van der Waals surface area contributed by atoms with E-state index < -0.39 is 0 Å². The van der Waals surface area contributed by atoms with Crippen molar-refractivity contribution < 1.29 is 19.1 Å². The molecular formula is C43H35ClN2O5S. The van der Waals surface area contributed by atoms with E-state index in [1.54, 1.807) is 47.0 Å². The Hall–Kier alpha value is -5.57. The molecule has 0 spiro atoms. The molecule has 9 heteroatoms. The number of halogens is 1. The molecule has 52 heavy (non-hydrogen) atoms. The van der Waals surface area contributed by atoms with E-state index in [0.29, 0.717) is 47.7 Å². The quantitative estimate of drug-likeness (QED) is 0.0828. The number of benzene rings is 5. The van der Waals surface area contributed by atoms with Crippen molar-refractivity contribution in [3.63, 3.8) is 0 Å². The summed E-state index contributed by atoms with van der Waals surface area (Å²) in [6.07, 6.45) is 2.17. The van der Waals surface area contributed by atoms with Crippen molar-refractivity contribution >= 4 is 62.4 Å². The summed E-state index contributed by atoms with van der Waals surface area (Å²) in [5.41, 5.74) is 8.00. The summed E-state index contributed by atoms with van der Waals surface area (Å²) < 4.78 is 7.65. The van der Waals surface area contributed by atoms with Gasteiger partial charge in [-0.2, -0.15) is 0 Å². The normalized spacial score (nSPS) is 11.4. The molecule has 2 aliphatic rings. The van der Waals surface area contributed by atoms with Crippen LogP contribution in [0.25, 0.3) is 44.3 Å². The number of thiocarbonyl (C=S) groups is 1. The lowest BCUT2D eigenvalue weighted by Gasteiger charge is -2.15. The third-order valence-corrected chi connectivity index (χ3v) is 10.00. The minimum Gasteiger partial charge on any atom is -0.508 e. The molecular weight excluding hydrogens is 692 g/mol. The molecule has 4 aromatic carbocycles. The van der Waals surface area contributed by atoms with Crippen molar-refractivity contribution in [2.24, 2.45) is 0 Å². The number of nitrogens with zero attached hydrogens (tertiary/aromatic N) is 1. The number of aromatic nitrogens is 1. The molecule has 0 atom stereocenters. The number of carbonyl (C=O) groups excluding carboxylic acids is 2. The van der Waals surface area contributed by atoms with Gasteiger partial charge in [0.15, 0.2) is 5.43 Å². The zero-order chi connectivity index (χ0) is 36.5. The van der Waals surface area contributed by atoms with Gasteiger partial charge in [0.1, 0.15) is 17.1 Å². The fraction of sp³-hybridized carbons (Fsp3) is 0.163. The van der Waals surface area contributed by atoms with Crippen LogP contribution in [0, 0.1) is 13.8 Å². The van der Waals surface area contributed by atoms with E-state index in [-0.39, 0.29) is 29.4 Å². The van der Waals surface area contributed by atoms with E-state index in [9.17, 15) is 19.5 Å². The molecule has 2 heterocycles. The van der Waals surface area contributed by atoms with Crippen molar-refractivity contribution in [3.8, 4) is 28.2 Å². The Balaban J connectivity index is 0.978. The Morgan fingerprint density at radius 1 is 0.865 bits per heavy atom. The monoisotopic (exact) mass is 726 g/mol. The lowest BCUT2D eigenvalue weighted by Crippen LogP contribution is -2.26. The van der Waals surface area contributed by atoms with Gasteiger partial charge in [-0.15, -0.1) is 0 Å². The second-order valence-electron chi connectivity index (χ2n) is 13.1.